The van der Waals surface area contributed by atoms with Crippen LogP contribution in [0, 0.1) is 17.8 Å². The molecule has 5 atom stereocenters. The molecule has 3 heteroatoms. The van der Waals surface area contributed by atoms with Crippen LogP contribution in [0.15, 0.2) is 0 Å². The van der Waals surface area contributed by atoms with Crippen molar-refractivity contribution in [3.05, 3.63) is 0 Å². The zero-order chi connectivity index (χ0) is 14.5. The highest BCUT2D eigenvalue weighted by Crippen LogP contribution is 2.34. The van der Waals surface area contributed by atoms with E-state index >= 15 is 0 Å². The summed E-state index contributed by atoms with van der Waals surface area (Å²) in [6, 6.07) is 0.790. The number of hydrogen-bond acceptors (Lipinski definition) is 2. The van der Waals surface area contributed by atoms with Crippen molar-refractivity contribution >= 4 is 5.91 Å². The van der Waals surface area contributed by atoms with Crippen molar-refractivity contribution in [1.82, 2.24) is 5.32 Å². The minimum absolute atomic E-state index is 0.262. The zero-order valence-corrected chi connectivity index (χ0v) is 13.2. The normalized spacial score (nSPS) is 37.9. The van der Waals surface area contributed by atoms with Crippen LogP contribution in [0.5, 0.6) is 0 Å². The second-order valence-corrected chi connectivity index (χ2v) is 7.11. The number of hydrogen-bond donors (Lipinski definition) is 2. The first-order valence-corrected chi connectivity index (χ1v) is 8.65. The Hall–Kier alpha value is -0.570. The molecule has 0 aromatic carbocycles. The number of amides is 1. The van der Waals surface area contributed by atoms with Gasteiger partial charge in [-0.15, -0.1) is 0 Å². The largest absolute Gasteiger partial charge is 0.353 e. The molecule has 0 aromatic heterocycles. The van der Waals surface area contributed by atoms with Crippen LogP contribution in [0.2, 0.25) is 0 Å². The molecule has 0 saturated heterocycles. The third-order valence-electron chi connectivity index (χ3n) is 5.70. The van der Waals surface area contributed by atoms with Crippen molar-refractivity contribution in [3.8, 4) is 0 Å². The second-order valence-electron chi connectivity index (χ2n) is 7.11. The number of nitrogens with one attached hydrogen (secondary N) is 1. The Morgan fingerprint density at radius 2 is 2.05 bits per heavy atom. The van der Waals surface area contributed by atoms with Crippen LogP contribution in [0.1, 0.15) is 71.6 Å². The first-order valence-electron chi connectivity index (χ1n) is 8.65. The highest BCUT2D eigenvalue weighted by Gasteiger charge is 2.32. The molecule has 0 aromatic rings. The number of nitrogens with two attached hydrogens (primary N) is 1. The molecule has 116 valence electrons. The predicted molar refractivity (Wildman–Crippen MR) is 83.3 cm³/mol. The number of carbonyl (C=O) groups is 1. The second kappa shape index (κ2) is 7.44. The molecule has 5 unspecified atom stereocenters. The molecule has 2 aliphatic rings. The summed E-state index contributed by atoms with van der Waals surface area (Å²) in [4.78, 5) is 12.1. The molecule has 3 N–H and O–H groups in total. The van der Waals surface area contributed by atoms with E-state index in [2.05, 4.69) is 19.2 Å². The van der Waals surface area contributed by atoms with E-state index < -0.39 is 0 Å². The quantitative estimate of drug-likeness (QED) is 0.812. The van der Waals surface area contributed by atoms with E-state index in [-0.39, 0.29) is 5.91 Å². The standard InChI is InChI=1S/C17H32N2O/c1-3-14-8-9-16(12(14)2)19-17(20)10-7-13-5-4-6-15(18)11-13/h12-16H,3-11,18H2,1-2H3,(H,19,20). The number of carbonyl (C=O) groups excluding carboxylic acids is 1. The molecule has 20 heavy (non-hydrogen) atoms. The summed E-state index contributed by atoms with van der Waals surface area (Å²) >= 11 is 0. The van der Waals surface area contributed by atoms with Crippen molar-refractivity contribution in [2.24, 2.45) is 23.5 Å². The van der Waals surface area contributed by atoms with Gasteiger partial charge in [0.05, 0.1) is 0 Å². The topological polar surface area (TPSA) is 55.1 Å². The van der Waals surface area contributed by atoms with Crippen LogP contribution in [0.3, 0.4) is 0 Å². The van der Waals surface area contributed by atoms with Gasteiger partial charge in [-0.05, 0) is 49.9 Å². The minimum atomic E-state index is 0.262. The van der Waals surface area contributed by atoms with Crippen LogP contribution >= 0.6 is 0 Å². The third kappa shape index (κ3) is 4.21. The minimum Gasteiger partial charge on any atom is -0.353 e. The Balaban J connectivity index is 1.68. The highest BCUT2D eigenvalue weighted by molar-refractivity contribution is 5.76. The maximum atomic E-state index is 12.1. The van der Waals surface area contributed by atoms with Gasteiger partial charge >= 0.3 is 0 Å². The van der Waals surface area contributed by atoms with Crippen molar-refractivity contribution < 1.29 is 4.79 Å². The lowest BCUT2D eigenvalue weighted by molar-refractivity contribution is -0.122. The van der Waals surface area contributed by atoms with E-state index in [0.717, 1.165) is 18.8 Å². The first-order chi connectivity index (χ1) is 9.60. The van der Waals surface area contributed by atoms with Gasteiger partial charge in [0.1, 0.15) is 0 Å². The summed E-state index contributed by atoms with van der Waals surface area (Å²) in [7, 11) is 0. The molecular formula is C17H32N2O. The maximum absolute atomic E-state index is 12.1. The van der Waals surface area contributed by atoms with Crippen LogP contribution in [-0.2, 0) is 4.79 Å². The van der Waals surface area contributed by atoms with E-state index in [4.69, 9.17) is 5.73 Å². The highest BCUT2D eigenvalue weighted by atomic mass is 16.1. The summed E-state index contributed by atoms with van der Waals surface area (Å²) in [5, 5.41) is 3.27. The lowest BCUT2D eigenvalue weighted by Crippen LogP contribution is -2.37. The van der Waals surface area contributed by atoms with Gasteiger partial charge < -0.3 is 11.1 Å². The molecule has 1 amide bonds. The Bertz CT molecular complexity index is 318. The van der Waals surface area contributed by atoms with Crippen molar-refractivity contribution in [2.45, 2.75) is 83.7 Å². The van der Waals surface area contributed by atoms with Gasteiger partial charge in [0.2, 0.25) is 5.91 Å². The molecule has 2 fully saturated rings. The predicted octanol–water partition coefficient (Wildman–Crippen LogP) is 3.23. The van der Waals surface area contributed by atoms with E-state index in [1.54, 1.807) is 0 Å². The Morgan fingerprint density at radius 3 is 2.70 bits per heavy atom. The molecule has 0 aliphatic heterocycles. The lowest BCUT2D eigenvalue weighted by atomic mass is 9.83. The monoisotopic (exact) mass is 280 g/mol. The first kappa shape index (κ1) is 15.8. The Kier molecular flexibility index (Phi) is 5.88. The molecule has 2 rings (SSSR count). The zero-order valence-electron chi connectivity index (χ0n) is 13.2. The van der Waals surface area contributed by atoms with Gasteiger partial charge in [-0.1, -0.05) is 33.1 Å². The lowest BCUT2D eigenvalue weighted by Gasteiger charge is -2.27. The number of rotatable bonds is 5. The fourth-order valence-corrected chi connectivity index (χ4v) is 4.24. The molecule has 3 nitrogen and oxygen atoms in total. The molecule has 0 heterocycles. The van der Waals surface area contributed by atoms with Gasteiger partial charge in [0.25, 0.3) is 0 Å². The Morgan fingerprint density at radius 1 is 1.25 bits per heavy atom. The summed E-state index contributed by atoms with van der Waals surface area (Å²) < 4.78 is 0. The third-order valence-corrected chi connectivity index (χ3v) is 5.70. The van der Waals surface area contributed by atoms with E-state index in [1.165, 1.54) is 38.5 Å². The van der Waals surface area contributed by atoms with E-state index in [9.17, 15) is 4.79 Å². The van der Waals surface area contributed by atoms with Gasteiger partial charge in [0.15, 0.2) is 0 Å². The van der Waals surface area contributed by atoms with Crippen LogP contribution in [0.25, 0.3) is 0 Å². The van der Waals surface area contributed by atoms with Crippen LogP contribution < -0.4 is 11.1 Å². The molecule has 2 saturated carbocycles. The summed E-state index contributed by atoms with van der Waals surface area (Å²) in [6.07, 6.45) is 10.2. The van der Waals surface area contributed by atoms with Crippen LogP contribution in [-0.4, -0.2) is 18.0 Å². The van der Waals surface area contributed by atoms with E-state index in [1.807, 2.05) is 0 Å². The van der Waals surface area contributed by atoms with E-state index in [0.29, 0.717) is 30.3 Å². The maximum Gasteiger partial charge on any atom is 0.220 e. The average molecular weight is 280 g/mol. The molecule has 0 bridgehead atoms. The summed E-state index contributed by atoms with van der Waals surface area (Å²) in [5.74, 6) is 2.38. The van der Waals surface area contributed by atoms with Crippen molar-refractivity contribution in [3.63, 3.8) is 0 Å². The van der Waals surface area contributed by atoms with Gasteiger partial charge in [-0.3, -0.25) is 4.79 Å². The molecule has 2 aliphatic carbocycles. The molecule has 0 spiro atoms. The molecular weight excluding hydrogens is 248 g/mol. The SMILES string of the molecule is CCC1CCC(NC(=O)CCC2CCCC(N)C2)C1C. The van der Waals surface area contributed by atoms with Gasteiger partial charge in [-0.25, -0.2) is 0 Å². The summed E-state index contributed by atoms with van der Waals surface area (Å²) in [6.45, 7) is 4.56. The molecule has 0 radical (unpaired) electrons. The smallest absolute Gasteiger partial charge is 0.220 e. The van der Waals surface area contributed by atoms with Crippen molar-refractivity contribution in [1.29, 1.82) is 0 Å². The Labute approximate surface area is 124 Å². The van der Waals surface area contributed by atoms with Crippen LogP contribution in [0.4, 0.5) is 0 Å². The summed E-state index contributed by atoms with van der Waals surface area (Å²) in [5.41, 5.74) is 6.01. The van der Waals surface area contributed by atoms with Crippen molar-refractivity contribution in [2.75, 3.05) is 0 Å². The fraction of sp³-hybridized carbons (Fsp3) is 0.941. The van der Waals surface area contributed by atoms with Gasteiger partial charge in [0, 0.05) is 18.5 Å². The average Bonchev–Trinajstić information content (AvgIpc) is 2.77. The van der Waals surface area contributed by atoms with Gasteiger partial charge in [-0.2, -0.15) is 0 Å². The fourth-order valence-electron chi connectivity index (χ4n) is 4.24.